The molecule has 0 aromatic carbocycles. The van der Waals surface area contributed by atoms with Crippen LogP contribution in [-0.4, -0.2) is 0 Å². The van der Waals surface area contributed by atoms with Gasteiger partial charge in [-0.3, -0.25) is 0 Å². The molecule has 0 aromatic rings. The maximum atomic E-state index is 4.11. The van der Waals surface area contributed by atoms with Crippen molar-refractivity contribution < 1.29 is 0 Å². The van der Waals surface area contributed by atoms with Crippen LogP contribution in [0.3, 0.4) is 0 Å². The zero-order valence-electron chi connectivity index (χ0n) is 7.07. The summed E-state index contributed by atoms with van der Waals surface area (Å²) in [5, 5.41) is 0. The second-order valence-electron chi connectivity index (χ2n) is 3.71. The van der Waals surface area contributed by atoms with Gasteiger partial charge < -0.3 is 0 Å². The summed E-state index contributed by atoms with van der Waals surface area (Å²) in [5.74, 6) is 0. The molecule has 1 aliphatic rings. The first-order valence-electron chi connectivity index (χ1n) is 3.72. The molecule has 0 nitrogen and oxygen atoms in total. The van der Waals surface area contributed by atoms with Crippen molar-refractivity contribution in [3.05, 3.63) is 30.2 Å². The van der Waals surface area contributed by atoms with Crippen molar-refractivity contribution >= 4 is 0 Å². The van der Waals surface area contributed by atoms with Gasteiger partial charge >= 0.3 is 0 Å². The summed E-state index contributed by atoms with van der Waals surface area (Å²) in [6.45, 7) is 10.6. The molecule has 0 fully saturated rings. The van der Waals surface area contributed by atoms with Crippen LogP contribution in [0.25, 0.3) is 0 Å². The fourth-order valence-electron chi connectivity index (χ4n) is 1.72. The molecule has 0 amide bonds. The predicted octanol–water partition coefficient (Wildman–Crippen LogP) is 3.12. The average Bonchev–Trinajstić information content (AvgIpc) is 1.54. The third-order valence-electron chi connectivity index (χ3n) is 1.73. The van der Waals surface area contributed by atoms with Crippen LogP contribution in [0.2, 0.25) is 0 Å². The van der Waals surface area contributed by atoms with Crippen LogP contribution in [0.4, 0.5) is 0 Å². The highest BCUT2D eigenvalue weighted by molar-refractivity contribution is 5.29. The predicted molar refractivity (Wildman–Crippen MR) is 45.6 cm³/mol. The van der Waals surface area contributed by atoms with Crippen LogP contribution >= 0.6 is 0 Å². The van der Waals surface area contributed by atoms with E-state index in [2.05, 4.69) is 39.8 Å². The normalized spacial score (nSPS) is 23.6. The number of hydrogen-bond acceptors (Lipinski definition) is 0. The molecule has 1 radical (unpaired) electrons. The van der Waals surface area contributed by atoms with E-state index in [0.29, 0.717) is 0 Å². The largest absolute Gasteiger partial charge is 0.0753 e. The summed E-state index contributed by atoms with van der Waals surface area (Å²) in [6.07, 6.45) is 5.57. The molecule has 1 rings (SSSR count). The van der Waals surface area contributed by atoms with Crippen molar-refractivity contribution in [2.75, 3.05) is 0 Å². The standard InChI is InChI=1S/C10H15/c1-8-5-9(2)7-10(3,4)6-8/h5-6H,3,7H2,1-2,4H3. The lowest BCUT2D eigenvalue weighted by atomic mass is 9.80. The molecule has 10 heavy (non-hydrogen) atoms. The van der Waals surface area contributed by atoms with E-state index in [-0.39, 0.29) is 5.41 Å². The highest BCUT2D eigenvalue weighted by atomic mass is 14.2. The number of allylic oxidation sites excluding steroid dienone is 4. The highest BCUT2D eigenvalue weighted by Gasteiger charge is 2.18. The van der Waals surface area contributed by atoms with Crippen LogP contribution < -0.4 is 0 Å². The summed E-state index contributed by atoms with van der Waals surface area (Å²) in [4.78, 5) is 0. The van der Waals surface area contributed by atoms with E-state index in [9.17, 15) is 0 Å². The summed E-state index contributed by atoms with van der Waals surface area (Å²) < 4.78 is 0. The highest BCUT2D eigenvalue weighted by Crippen LogP contribution is 2.31. The van der Waals surface area contributed by atoms with Gasteiger partial charge in [0.15, 0.2) is 0 Å². The third-order valence-corrected chi connectivity index (χ3v) is 1.73. The zero-order valence-corrected chi connectivity index (χ0v) is 7.07. The number of hydrogen-bond donors (Lipinski definition) is 0. The summed E-state index contributed by atoms with van der Waals surface area (Å²) in [6, 6.07) is 0. The van der Waals surface area contributed by atoms with Crippen LogP contribution in [0, 0.1) is 12.3 Å². The van der Waals surface area contributed by atoms with Crippen molar-refractivity contribution in [3.63, 3.8) is 0 Å². The zero-order chi connectivity index (χ0) is 7.78. The van der Waals surface area contributed by atoms with E-state index < -0.39 is 0 Å². The Kier molecular flexibility index (Phi) is 1.72. The van der Waals surface area contributed by atoms with Crippen molar-refractivity contribution in [1.82, 2.24) is 0 Å². The fraction of sp³-hybridized carbons (Fsp3) is 0.500. The van der Waals surface area contributed by atoms with Gasteiger partial charge in [-0.1, -0.05) is 30.2 Å². The average molecular weight is 135 g/mol. The molecular weight excluding hydrogens is 120 g/mol. The van der Waals surface area contributed by atoms with Crippen LogP contribution in [0.15, 0.2) is 23.3 Å². The van der Waals surface area contributed by atoms with E-state index in [1.165, 1.54) is 11.1 Å². The Hall–Kier alpha value is -0.520. The molecule has 1 aliphatic carbocycles. The monoisotopic (exact) mass is 135 g/mol. The van der Waals surface area contributed by atoms with Gasteiger partial charge in [0, 0.05) is 0 Å². The minimum absolute atomic E-state index is 0.142. The minimum Gasteiger partial charge on any atom is -0.0753 e. The smallest absolute Gasteiger partial charge is 0.0103 e. The Morgan fingerprint density at radius 3 is 2.50 bits per heavy atom. The first-order valence-corrected chi connectivity index (χ1v) is 3.72. The Morgan fingerprint density at radius 2 is 2.10 bits per heavy atom. The van der Waals surface area contributed by atoms with Crippen molar-refractivity contribution in [2.24, 2.45) is 5.41 Å². The maximum Gasteiger partial charge on any atom is -0.0103 e. The lowest BCUT2D eigenvalue weighted by molar-refractivity contribution is 0.529. The van der Waals surface area contributed by atoms with E-state index in [1.54, 1.807) is 0 Å². The summed E-state index contributed by atoms with van der Waals surface area (Å²) in [5.41, 5.74) is 2.93. The molecule has 0 aliphatic heterocycles. The van der Waals surface area contributed by atoms with Gasteiger partial charge in [-0.2, -0.15) is 0 Å². The van der Waals surface area contributed by atoms with Crippen LogP contribution in [0.5, 0.6) is 0 Å². The molecule has 0 N–H and O–H groups in total. The molecule has 0 bridgehead atoms. The molecule has 1 atom stereocenters. The molecule has 0 saturated heterocycles. The third kappa shape index (κ3) is 1.73. The summed E-state index contributed by atoms with van der Waals surface area (Å²) >= 11 is 0. The van der Waals surface area contributed by atoms with Crippen molar-refractivity contribution in [2.45, 2.75) is 27.2 Å². The minimum atomic E-state index is 0.142. The molecule has 0 heteroatoms. The lowest BCUT2D eigenvalue weighted by Crippen LogP contribution is -2.12. The molecule has 0 heterocycles. The lowest BCUT2D eigenvalue weighted by Gasteiger charge is -2.25. The van der Waals surface area contributed by atoms with E-state index in [1.807, 2.05) is 0 Å². The topological polar surface area (TPSA) is 0 Å². The van der Waals surface area contributed by atoms with Crippen molar-refractivity contribution in [3.8, 4) is 0 Å². The molecule has 0 spiro atoms. The molecule has 0 saturated carbocycles. The van der Waals surface area contributed by atoms with Crippen LogP contribution in [-0.2, 0) is 0 Å². The van der Waals surface area contributed by atoms with Crippen molar-refractivity contribution in [1.29, 1.82) is 0 Å². The number of rotatable bonds is 0. The molecule has 1 unspecified atom stereocenters. The molecule has 0 aromatic heterocycles. The Morgan fingerprint density at radius 1 is 1.50 bits per heavy atom. The van der Waals surface area contributed by atoms with E-state index in [4.69, 9.17) is 0 Å². The first-order chi connectivity index (χ1) is 4.49. The van der Waals surface area contributed by atoms with Gasteiger partial charge in [0.25, 0.3) is 0 Å². The molecular formula is C10H15. The Bertz CT molecular complexity index is 192. The van der Waals surface area contributed by atoms with Gasteiger partial charge in [0.1, 0.15) is 0 Å². The Balaban J connectivity index is 2.88. The summed E-state index contributed by atoms with van der Waals surface area (Å²) in [7, 11) is 0. The van der Waals surface area contributed by atoms with Gasteiger partial charge in [-0.05, 0) is 32.6 Å². The van der Waals surface area contributed by atoms with Crippen LogP contribution in [0.1, 0.15) is 27.2 Å². The van der Waals surface area contributed by atoms with E-state index in [0.717, 1.165) is 6.42 Å². The van der Waals surface area contributed by atoms with Gasteiger partial charge in [-0.15, -0.1) is 0 Å². The maximum absolute atomic E-state index is 4.11. The molecule has 55 valence electrons. The second-order valence-corrected chi connectivity index (χ2v) is 3.71. The van der Waals surface area contributed by atoms with Gasteiger partial charge in [0.05, 0.1) is 0 Å². The SMILES string of the molecule is [CH2]C1(C)C=C(C)C=C(C)C1. The van der Waals surface area contributed by atoms with E-state index >= 15 is 0 Å². The fourth-order valence-corrected chi connectivity index (χ4v) is 1.72. The Labute approximate surface area is 63.6 Å². The van der Waals surface area contributed by atoms with Gasteiger partial charge in [0.2, 0.25) is 0 Å². The first kappa shape index (κ1) is 7.59. The van der Waals surface area contributed by atoms with Gasteiger partial charge in [-0.25, -0.2) is 0 Å². The quantitative estimate of drug-likeness (QED) is 0.478. The second kappa shape index (κ2) is 2.26.